The molecule has 0 saturated carbocycles. The molecule has 0 aliphatic heterocycles. The van der Waals surface area contributed by atoms with E-state index in [0.717, 1.165) is 12.8 Å². The van der Waals surface area contributed by atoms with E-state index >= 15 is 0 Å². The van der Waals surface area contributed by atoms with Crippen molar-refractivity contribution in [3.05, 3.63) is 48.6 Å². The third kappa shape index (κ3) is 10.6. The van der Waals surface area contributed by atoms with Crippen molar-refractivity contribution in [3.8, 4) is 0 Å². The summed E-state index contributed by atoms with van der Waals surface area (Å²) in [6.07, 6.45) is 10.1. The summed E-state index contributed by atoms with van der Waals surface area (Å²) in [6, 6.07) is 0. The van der Waals surface area contributed by atoms with Gasteiger partial charge in [0.1, 0.15) is 6.10 Å². The highest BCUT2D eigenvalue weighted by molar-refractivity contribution is 6.74. The average Bonchev–Trinajstić information content (AvgIpc) is 2.62. The predicted molar refractivity (Wildman–Crippen MR) is 130 cm³/mol. The van der Waals surface area contributed by atoms with Crippen molar-refractivity contribution in [1.29, 1.82) is 0 Å². The largest absolute Gasteiger partial charge is 0.410 e. The third-order valence-corrected chi connectivity index (χ3v) is 10.2. The van der Waals surface area contributed by atoms with Crippen LogP contribution in [-0.4, -0.2) is 40.8 Å². The Morgan fingerprint density at radius 2 is 1.72 bits per heavy atom. The molecular weight excluding hydrogens is 376 g/mol. The molecule has 0 fully saturated rings. The first-order chi connectivity index (χ1) is 13.4. The first kappa shape index (κ1) is 28.1. The van der Waals surface area contributed by atoms with Crippen LogP contribution in [0.3, 0.4) is 0 Å². The highest BCUT2D eigenvalue weighted by Crippen LogP contribution is 2.39. The summed E-state index contributed by atoms with van der Waals surface area (Å²) < 4.78 is 18.3. The van der Waals surface area contributed by atoms with Gasteiger partial charge in [0.15, 0.2) is 8.32 Å². The monoisotopic (exact) mass is 422 g/mol. The van der Waals surface area contributed by atoms with Gasteiger partial charge >= 0.3 is 0 Å². The number of allylic oxidation sites excluding steroid dienone is 2. The van der Waals surface area contributed by atoms with Crippen molar-refractivity contribution >= 4 is 8.32 Å². The summed E-state index contributed by atoms with van der Waals surface area (Å²) in [5.74, 6) is 0.195. The maximum Gasteiger partial charge on any atom is 0.192 e. The fraction of sp³-hybridized carbons (Fsp3) is 0.680. The van der Waals surface area contributed by atoms with Gasteiger partial charge in [-0.3, -0.25) is 0 Å². The van der Waals surface area contributed by atoms with Gasteiger partial charge in [-0.15, -0.1) is 13.2 Å². The molecular formula is C25H46O3Si. The zero-order chi connectivity index (χ0) is 22.7. The van der Waals surface area contributed by atoms with E-state index < -0.39 is 8.32 Å². The second kappa shape index (κ2) is 13.4. The van der Waals surface area contributed by atoms with Crippen LogP contribution in [0.4, 0.5) is 0 Å². The molecule has 0 aromatic carbocycles. The average molecular weight is 423 g/mol. The van der Waals surface area contributed by atoms with Crippen molar-refractivity contribution in [1.82, 2.24) is 0 Å². The lowest BCUT2D eigenvalue weighted by Gasteiger charge is -2.42. The Morgan fingerprint density at radius 3 is 2.21 bits per heavy atom. The molecule has 168 valence electrons. The van der Waals surface area contributed by atoms with Crippen molar-refractivity contribution in [3.63, 3.8) is 0 Å². The normalized spacial score (nSPS) is 17.0. The van der Waals surface area contributed by atoms with Crippen molar-refractivity contribution < 1.29 is 13.9 Å². The molecule has 0 bridgehead atoms. The number of methoxy groups -OCH3 is 1. The van der Waals surface area contributed by atoms with Crippen LogP contribution in [0.2, 0.25) is 18.1 Å². The number of hydrogen-bond donors (Lipinski definition) is 0. The molecule has 3 atom stereocenters. The Balaban J connectivity index is 5.08. The molecule has 0 spiro atoms. The fourth-order valence-electron chi connectivity index (χ4n) is 2.80. The van der Waals surface area contributed by atoms with Crippen LogP contribution < -0.4 is 0 Å². The highest BCUT2D eigenvalue weighted by Gasteiger charge is 2.41. The second-order valence-corrected chi connectivity index (χ2v) is 14.3. The molecule has 0 aromatic heterocycles. The predicted octanol–water partition coefficient (Wildman–Crippen LogP) is 7.09. The van der Waals surface area contributed by atoms with Crippen LogP contribution in [0.15, 0.2) is 48.6 Å². The number of ether oxygens (including phenoxy) is 2. The van der Waals surface area contributed by atoms with E-state index in [1.165, 1.54) is 11.1 Å². The Hall–Kier alpha value is -0.943. The summed E-state index contributed by atoms with van der Waals surface area (Å²) in [5, 5.41) is 0.141. The number of rotatable bonds is 14. The van der Waals surface area contributed by atoms with E-state index in [4.69, 9.17) is 13.9 Å². The van der Waals surface area contributed by atoms with Gasteiger partial charge in [-0.25, -0.2) is 0 Å². The van der Waals surface area contributed by atoms with Gasteiger partial charge in [0.2, 0.25) is 0 Å². The summed E-state index contributed by atoms with van der Waals surface area (Å²) >= 11 is 0. The smallest absolute Gasteiger partial charge is 0.192 e. The van der Waals surface area contributed by atoms with Crippen molar-refractivity contribution in [2.45, 2.75) is 84.7 Å². The zero-order valence-electron chi connectivity index (χ0n) is 20.5. The quantitative estimate of drug-likeness (QED) is 0.170. The van der Waals surface area contributed by atoms with Crippen LogP contribution in [0.1, 0.15) is 54.4 Å². The maximum absolute atomic E-state index is 6.74. The van der Waals surface area contributed by atoms with Crippen LogP contribution in [0.25, 0.3) is 0 Å². The standard InChI is InChI=1S/C25H46O3Si/c1-12-14-15-20(3)16-17-27-19-21(4)18-22(5)24(23(13-2)26-9)28-29(10,11)25(6,7)8/h12-13,16,18,22-24H,1-2,14-15,17,19H2,3-11H3/b20-16-,21-18-/t22-,23+,24+/m1/s1. The summed E-state index contributed by atoms with van der Waals surface area (Å²) in [7, 11) is -0.211. The summed E-state index contributed by atoms with van der Waals surface area (Å²) in [5.41, 5.74) is 2.55. The Morgan fingerprint density at radius 1 is 1.10 bits per heavy atom. The molecule has 0 saturated heterocycles. The Labute approximate surface area is 182 Å². The van der Waals surface area contributed by atoms with Crippen molar-refractivity contribution in [2.75, 3.05) is 20.3 Å². The van der Waals surface area contributed by atoms with E-state index in [1.54, 1.807) is 7.11 Å². The molecule has 29 heavy (non-hydrogen) atoms. The van der Waals surface area contributed by atoms with E-state index in [1.807, 2.05) is 12.2 Å². The third-order valence-electron chi connectivity index (χ3n) is 5.75. The van der Waals surface area contributed by atoms with E-state index in [0.29, 0.717) is 13.2 Å². The van der Waals surface area contributed by atoms with E-state index in [2.05, 4.69) is 79.9 Å². The summed E-state index contributed by atoms with van der Waals surface area (Å²) in [4.78, 5) is 0. The molecule has 0 amide bonds. The van der Waals surface area contributed by atoms with Crippen molar-refractivity contribution in [2.24, 2.45) is 5.92 Å². The second-order valence-electron chi connectivity index (χ2n) is 9.54. The lowest BCUT2D eigenvalue weighted by molar-refractivity contribution is 0.00584. The molecule has 0 rings (SSSR count). The maximum atomic E-state index is 6.74. The highest BCUT2D eigenvalue weighted by atomic mass is 28.4. The van der Waals surface area contributed by atoms with E-state index in [-0.39, 0.29) is 23.2 Å². The van der Waals surface area contributed by atoms with Gasteiger partial charge in [-0.2, -0.15) is 0 Å². The van der Waals surface area contributed by atoms with Gasteiger partial charge in [0, 0.05) is 13.0 Å². The van der Waals surface area contributed by atoms with Gasteiger partial charge in [-0.1, -0.05) is 63.1 Å². The topological polar surface area (TPSA) is 27.7 Å². The molecule has 0 unspecified atom stereocenters. The van der Waals surface area contributed by atoms with Crippen LogP contribution in [0, 0.1) is 5.92 Å². The lowest BCUT2D eigenvalue weighted by atomic mass is 9.97. The molecule has 0 heterocycles. The van der Waals surface area contributed by atoms with Crippen LogP contribution >= 0.6 is 0 Å². The van der Waals surface area contributed by atoms with Crippen LogP contribution in [-0.2, 0) is 13.9 Å². The van der Waals surface area contributed by atoms with E-state index in [9.17, 15) is 0 Å². The van der Waals surface area contributed by atoms with Gasteiger partial charge in [0.25, 0.3) is 0 Å². The number of hydrogen-bond acceptors (Lipinski definition) is 3. The first-order valence-electron chi connectivity index (χ1n) is 10.7. The lowest BCUT2D eigenvalue weighted by Crippen LogP contribution is -2.49. The molecule has 0 aromatic rings. The van der Waals surface area contributed by atoms with Crippen LogP contribution in [0.5, 0.6) is 0 Å². The van der Waals surface area contributed by atoms with Gasteiger partial charge in [0.05, 0.1) is 19.3 Å². The summed E-state index contributed by atoms with van der Waals surface area (Å²) in [6.45, 7) is 26.8. The minimum atomic E-state index is -1.94. The van der Waals surface area contributed by atoms with Gasteiger partial charge < -0.3 is 13.9 Å². The molecule has 0 N–H and O–H groups in total. The minimum absolute atomic E-state index is 0.0608. The molecule has 3 nitrogen and oxygen atoms in total. The molecule has 0 aliphatic carbocycles. The Bertz CT molecular complexity index is 555. The molecule has 0 radical (unpaired) electrons. The Kier molecular flexibility index (Phi) is 12.9. The fourth-order valence-corrected chi connectivity index (χ4v) is 4.18. The zero-order valence-corrected chi connectivity index (χ0v) is 21.5. The van der Waals surface area contributed by atoms with Gasteiger partial charge in [-0.05, 0) is 44.8 Å². The minimum Gasteiger partial charge on any atom is -0.410 e. The molecule has 0 aliphatic rings. The molecule has 4 heteroatoms. The first-order valence-corrected chi connectivity index (χ1v) is 13.6. The SMILES string of the molecule is C=CCC/C(C)=C\COC/C(C)=C\[C@@H](C)[C@H](O[Si](C)(C)C(C)(C)C)[C@H](C=C)OC.